The number of hydrogen-bond acceptors (Lipinski definition) is 8. The van der Waals surface area contributed by atoms with Crippen molar-refractivity contribution in [2.75, 3.05) is 29.4 Å². The van der Waals surface area contributed by atoms with E-state index < -0.39 is 0 Å². The van der Waals surface area contributed by atoms with E-state index in [0.29, 0.717) is 21.4 Å². The number of halogens is 2. The molecule has 0 fully saturated rings. The van der Waals surface area contributed by atoms with Crippen molar-refractivity contribution < 1.29 is 8.83 Å². The van der Waals surface area contributed by atoms with Crippen molar-refractivity contribution in [2.45, 2.75) is 0 Å². The van der Waals surface area contributed by atoms with E-state index in [-0.39, 0.29) is 0 Å². The maximum Gasteiger partial charge on any atom is 0.135 e. The molecule has 0 aliphatic rings. The fourth-order valence-corrected chi connectivity index (χ4v) is 14.3. The van der Waals surface area contributed by atoms with Crippen molar-refractivity contribution >= 4 is 169 Å². The van der Waals surface area contributed by atoms with Crippen molar-refractivity contribution in [1.29, 1.82) is 0 Å². The summed E-state index contributed by atoms with van der Waals surface area (Å²) in [5, 5.41) is 4.88. The van der Waals surface area contributed by atoms with E-state index >= 15 is 0 Å². The molecule has 0 amide bonds. The summed E-state index contributed by atoms with van der Waals surface area (Å²) in [5.74, 6) is 0. The summed E-state index contributed by atoms with van der Waals surface area (Å²) in [6.07, 6.45) is 0. The SMILES string of the molecule is Clc1c(N(c2ccccc2)c2ccccc2)cc(N(c2ccccc2)c2ccccc2)cc1N(c1cccc(N(c2ccc3oc4ccccc4c3c2)c2cc(N(c3ccccc3)c3ccccc3)cc(N(c3ccccc3)c3ccccc3)c2Cl)c1)c1ccc2oc3ccccc3c2c1. The first kappa shape index (κ1) is 60.9. The van der Waals surface area contributed by atoms with E-state index in [4.69, 9.17) is 32.0 Å². The second-order valence-electron chi connectivity index (χ2n) is 24.4. The Hall–Kier alpha value is -12.7. The monoisotopic (exact) mass is 1330 g/mol. The summed E-state index contributed by atoms with van der Waals surface area (Å²) in [7, 11) is 0. The van der Waals surface area contributed by atoms with E-state index in [1.165, 1.54) is 0 Å². The first-order valence-corrected chi connectivity index (χ1v) is 34.0. The highest BCUT2D eigenvalue weighted by Gasteiger charge is 2.31. The second-order valence-corrected chi connectivity index (χ2v) is 25.1. The highest BCUT2D eigenvalue weighted by Crippen LogP contribution is 2.55. The number of benzene rings is 15. The van der Waals surface area contributed by atoms with Crippen LogP contribution in [0.2, 0.25) is 10.0 Å². The van der Waals surface area contributed by atoms with Gasteiger partial charge in [0.1, 0.15) is 22.3 Å². The Balaban J connectivity index is 0.970. The summed E-state index contributed by atoms with van der Waals surface area (Å²) < 4.78 is 13.2. The van der Waals surface area contributed by atoms with Gasteiger partial charge < -0.3 is 38.2 Å². The van der Waals surface area contributed by atoms with Crippen molar-refractivity contribution in [2.24, 2.45) is 0 Å². The van der Waals surface area contributed by atoms with Gasteiger partial charge in [0.25, 0.3) is 0 Å². The van der Waals surface area contributed by atoms with Gasteiger partial charge in [-0.15, -0.1) is 0 Å². The largest absolute Gasteiger partial charge is 0.456 e. The number of rotatable bonds is 18. The van der Waals surface area contributed by atoms with Crippen molar-refractivity contribution in [3.63, 3.8) is 0 Å². The minimum absolute atomic E-state index is 0.499. The third kappa shape index (κ3) is 11.5. The lowest BCUT2D eigenvalue weighted by Crippen LogP contribution is -2.18. The molecule has 0 saturated heterocycles. The van der Waals surface area contributed by atoms with Crippen LogP contribution in [0.5, 0.6) is 0 Å². The zero-order valence-electron chi connectivity index (χ0n) is 54.1. The van der Waals surface area contributed by atoms with Gasteiger partial charge in [0.2, 0.25) is 0 Å². The Morgan fingerprint density at radius 2 is 0.380 bits per heavy atom. The molecule has 0 spiro atoms. The summed E-state index contributed by atoms with van der Waals surface area (Å²) in [6, 6.07) is 131. The molecule has 0 atom stereocenters. The molecule has 17 rings (SSSR count). The normalized spacial score (nSPS) is 11.3. The molecule has 0 bridgehead atoms. The van der Waals surface area contributed by atoms with Crippen molar-refractivity contribution in [3.05, 3.63) is 386 Å². The number of furan rings is 2. The highest BCUT2D eigenvalue weighted by molar-refractivity contribution is 6.38. The Morgan fingerprint density at radius 3 is 0.670 bits per heavy atom. The van der Waals surface area contributed by atoms with Gasteiger partial charge in [0.15, 0.2) is 0 Å². The topological polar surface area (TPSA) is 45.7 Å². The number of nitrogens with zero attached hydrogens (tertiary/aromatic N) is 6. The summed E-state index contributed by atoms with van der Waals surface area (Å²) in [6.45, 7) is 0. The van der Waals surface area contributed by atoms with Crippen LogP contribution in [0.15, 0.2) is 385 Å². The third-order valence-corrected chi connectivity index (χ3v) is 19.0. The molecule has 17 aromatic rings. The van der Waals surface area contributed by atoms with Gasteiger partial charge >= 0.3 is 0 Å². The first-order valence-electron chi connectivity index (χ1n) is 33.3. The standard InChI is InChI=1S/C90H62Cl2N6O2/c91-89-81(95(67-38-17-5-18-39-67)68-40-19-6-20-41-68)59-75(93(63-30-9-1-10-31-63)64-32-11-2-12-33-64)61-83(89)97(73-52-54-87-79(57-73)77-48-25-27-50-85(77)99-87)71-46-29-47-72(56-71)98(74-53-55-88-80(58-74)78-49-26-28-51-86(78)100-88)84-62-76(94(65-34-13-3-14-35-65)66-36-15-4-16-37-66)60-82(90(84)92)96(69-42-21-7-22-43-69)70-44-23-8-24-45-70/h1-62H. The Kier molecular flexibility index (Phi) is 16.3. The fraction of sp³-hybridized carbons (Fsp3) is 0. The van der Waals surface area contributed by atoms with Crippen LogP contribution in [0.1, 0.15) is 0 Å². The molecule has 2 heterocycles. The fourth-order valence-electron chi connectivity index (χ4n) is 13.8. The van der Waals surface area contributed by atoms with Gasteiger partial charge in [-0.25, -0.2) is 0 Å². The predicted octanol–water partition coefficient (Wildman–Crippen LogP) is 27.6. The lowest BCUT2D eigenvalue weighted by atomic mass is 10.1. The molecule has 0 unspecified atom stereocenters. The van der Waals surface area contributed by atoms with Gasteiger partial charge in [0.05, 0.1) is 44.2 Å². The van der Waals surface area contributed by atoms with Crippen molar-refractivity contribution in [3.8, 4) is 0 Å². The van der Waals surface area contributed by atoms with Gasteiger partial charge in [-0.2, -0.15) is 0 Å². The van der Waals surface area contributed by atoms with Crippen molar-refractivity contribution in [1.82, 2.24) is 0 Å². The Morgan fingerprint density at radius 1 is 0.160 bits per heavy atom. The van der Waals surface area contributed by atoms with Crippen LogP contribution in [0.25, 0.3) is 43.9 Å². The lowest BCUT2D eigenvalue weighted by Gasteiger charge is -2.35. The number of hydrogen-bond donors (Lipinski definition) is 0. The Labute approximate surface area is 590 Å². The molecule has 10 heteroatoms. The first-order chi connectivity index (χ1) is 49.5. The predicted molar refractivity (Wildman–Crippen MR) is 419 cm³/mol. The highest BCUT2D eigenvalue weighted by atomic mass is 35.5. The summed E-state index contributed by atoms with van der Waals surface area (Å²) in [4.78, 5) is 13.7. The number of fused-ring (bicyclic) bond motifs is 6. The van der Waals surface area contributed by atoms with Gasteiger partial charge in [-0.1, -0.05) is 211 Å². The molecular weight excluding hydrogens is 1270 g/mol. The van der Waals surface area contributed by atoms with Crippen LogP contribution >= 0.6 is 23.2 Å². The minimum atomic E-state index is 0.499. The maximum absolute atomic E-state index is 8.50. The molecule has 8 nitrogen and oxygen atoms in total. The molecular formula is C90H62Cl2N6O2. The van der Waals surface area contributed by atoms with Crippen LogP contribution in [0.3, 0.4) is 0 Å². The second kappa shape index (κ2) is 26.7. The van der Waals surface area contributed by atoms with Crippen LogP contribution in [-0.4, -0.2) is 0 Å². The average Bonchev–Trinajstić information content (AvgIpc) is 1.02. The lowest BCUT2D eigenvalue weighted by molar-refractivity contribution is 0.668. The molecule has 2 aromatic heterocycles. The molecule has 0 aliphatic heterocycles. The molecule has 15 aromatic carbocycles. The van der Waals surface area contributed by atoms with E-state index in [1.807, 2.05) is 48.5 Å². The summed E-state index contributed by atoms with van der Waals surface area (Å²) in [5.41, 5.74) is 18.6. The minimum Gasteiger partial charge on any atom is -0.456 e. The van der Waals surface area contributed by atoms with Gasteiger partial charge in [-0.05, 0) is 188 Å². The molecule has 100 heavy (non-hydrogen) atoms. The van der Waals surface area contributed by atoms with E-state index in [1.54, 1.807) is 0 Å². The maximum atomic E-state index is 8.50. The molecule has 0 N–H and O–H groups in total. The number of anilines is 18. The Bertz CT molecular complexity index is 5220. The van der Waals surface area contributed by atoms with Crippen LogP contribution in [0, 0.1) is 0 Å². The van der Waals surface area contributed by atoms with Crippen LogP contribution in [0.4, 0.5) is 102 Å². The van der Waals surface area contributed by atoms with Crippen LogP contribution < -0.4 is 29.4 Å². The zero-order chi connectivity index (χ0) is 66.9. The van der Waals surface area contributed by atoms with Gasteiger partial charge in [-0.3, -0.25) is 0 Å². The van der Waals surface area contributed by atoms with Crippen LogP contribution in [-0.2, 0) is 0 Å². The van der Waals surface area contributed by atoms with E-state index in [0.717, 1.165) is 135 Å². The average molecular weight is 1330 g/mol. The van der Waals surface area contributed by atoms with E-state index in [9.17, 15) is 0 Å². The quantitative estimate of drug-likeness (QED) is 0.0842. The van der Waals surface area contributed by atoms with E-state index in [2.05, 4.69) is 357 Å². The van der Waals surface area contributed by atoms with Gasteiger partial charge in [0, 0.05) is 89.8 Å². The molecule has 0 aliphatic carbocycles. The summed E-state index contributed by atoms with van der Waals surface area (Å²) >= 11 is 17.0. The third-order valence-electron chi connectivity index (χ3n) is 18.2. The molecule has 0 radical (unpaired) electrons. The molecule has 478 valence electrons. The zero-order valence-corrected chi connectivity index (χ0v) is 55.6. The number of para-hydroxylation sites is 10. The smallest absolute Gasteiger partial charge is 0.135 e. The molecule has 0 saturated carbocycles.